The van der Waals surface area contributed by atoms with E-state index in [9.17, 15) is 9.90 Å². The Labute approximate surface area is 198 Å². The van der Waals surface area contributed by atoms with Gasteiger partial charge >= 0.3 is 5.97 Å². The normalized spacial score (nSPS) is 10.9. The van der Waals surface area contributed by atoms with Crippen molar-refractivity contribution in [1.29, 1.82) is 0 Å². The summed E-state index contributed by atoms with van der Waals surface area (Å²) in [7, 11) is 0. The molecule has 0 atom stereocenters. The van der Waals surface area contributed by atoms with Gasteiger partial charge in [-0.1, -0.05) is 78.9 Å². The first-order valence-electron chi connectivity index (χ1n) is 11.3. The maximum Gasteiger partial charge on any atom is 0.307 e. The average molecular weight is 448 g/mol. The van der Waals surface area contributed by atoms with E-state index in [0.29, 0.717) is 13.2 Å². The summed E-state index contributed by atoms with van der Waals surface area (Å²) in [6.45, 7) is 1.12. The van der Waals surface area contributed by atoms with Crippen molar-refractivity contribution in [2.45, 2.75) is 19.6 Å². The first kappa shape index (κ1) is 21.5. The Hall–Kier alpha value is -4.31. The summed E-state index contributed by atoms with van der Waals surface area (Å²) in [4.78, 5) is 11.5. The average Bonchev–Trinajstić information content (AvgIpc) is 3.19. The molecule has 5 rings (SSSR count). The number of ether oxygens (including phenoxy) is 1. The van der Waals surface area contributed by atoms with Gasteiger partial charge < -0.3 is 14.4 Å². The number of aliphatic carboxylic acids is 1. The van der Waals surface area contributed by atoms with E-state index in [0.717, 1.165) is 38.9 Å². The zero-order valence-electron chi connectivity index (χ0n) is 18.7. The third-order valence-electron chi connectivity index (χ3n) is 5.91. The van der Waals surface area contributed by atoms with E-state index in [1.165, 1.54) is 5.56 Å². The molecule has 0 saturated heterocycles. The predicted molar refractivity (Wildman–Crippen MR) is 135 cm³/mol. The standard InChI is InChI=1S/C30H25NO3/c32-30(33)17-26-20-31(19-23-10-7-13-25(16-23)24-11-5-2-6-12-24)29-15-14-27(18-28(26)29)34-21-22-8-3-1-4-9-22/h1-16,18,20H,17,19,21H2,(H,32,33). The number of nitrogens with zero attached hydrogens (tertiary/aromatic N) is 1. The number of aromatic nitrogens is 1. The number of carboxylic acid groups (broad SMARTS) is 1. The number of carboxylic acids is 1. The summed E-state index contributed by atoms with van der Waals surface area (Å²) in [6, 6.07) is 34.7. The number of fused-ring (bicyclic) bond motifs is 1. The quantitative estimate of drug-likeness (QED) is 0.293. The highest BCUT2D eigenvalue weighted by atomic mass is 16.5. The lowest BCUT2D eigenvalue weighted by Gasteiger charge is -2.10. The molecule has 34 heavy (non-hydrogen) atoms. The Morgan fingerprint density at radius 2 is 1.47 bits per heavy atom. The Bertz CT molecular complexity index is 1420. The molecule has 0 spiro atoms. The molecular weight excluding hydrogens is 422 g/mol. The predicted octanol–water partition coefficient (Wildman–Crippen LogP) is 6.56. The highest BCUT2D eigenvalue weighted by molar-refractivity contribution is 5.88. The van der Waals surface area contributed by atoms with Crippen LogP contribution in [-0.4, -0.2) is 15.6 Å². The van der Waals surface area contributed by atoms with Crippen LogP contribution >= 0.6 is 0 Å². The molecule has 4 heteroatoms. The van der Waals surface area contributed by atoms with Crippen molar-refractivity contribution in [3.63, 3.8) is 0 Å². The minimum absolute atomic E-state index is 0.0320. The molecule has 0 radical (unpaired) electrons. The molecule has 1 aromatic heterocycles. The molecule has 0 unspecified atom stereocenters. The second-order valence-corrected chi connectivity index (χ2v) is 8.37. The van der Waals surface area contributed by atoms with Crippen LogP contribution in [0.1, 0.15) is 16.7 Å². The summed E-state index contributed by atoms with van der Waals surface area (Å²) in [5.41, 5.74) is 6.36. The van der Waals surface area contributed by atoms with Crippen LogP contribution in [0.4, 0.5) is 0 Å². The third-order valence-corrected chi connectivity index (χ3v) is 5.91. The zero-order chi connectivity index (χ0) is 23.3. The van der Waals surface area contributed by atoms with Gasteiger partial charge in [-0.15, -0.1) is 0 Å². The van der Waals surface area contributed by atoms with E-state index in [1.54, 1.807) is 0 Å². The van der Waals surface area contributed by atoms with E-state index in [4.69, 9.17) is 4.74 Å². The lowest BCUT2D eigenvalue weighted by molar-refractivity contribution is -0.136. The van der Waals surface area contributed by atoms with Crippen molar-refractivity contribution in [2.24, 2.45) is 0 Å². The minimum atomic E-state index is -0.847. The van der Waals surface area contributed by atoms with E-state index in [1.807, 2.05) is 72.9 Å². The van der Waals surface area contributed by atoms with Crippen molar-refractivity contribution in [2.75, 3.05) is 0 Å². The van der Waals surface area contributed by atoms with Crippen molar-refractivity contribution in [3.05, 3.63) is 126 Å². The van der Waals surface area contributed by atoms with E-state index < -0.39 is 5.97 Å². The number of hydrogen-bond donors (Lipinski definition) is 1. The van der Waals surface area contributed by atoms with E-state index in [2.05, 4.69) is 41.0 Å². The molecule has 1 N–H and O–H groups in total. The molecule has 4 aromatic carbocycles. The fourth-order valence-corrected chi connectivity index (χ4v) is 4.29. The van der Waals surface area contributed by atoms with Crippen LogP contribution in [0.5, 0.6) is 5.75 Å². The molecule has 0 amide bonds. The third kappa shape index (κ3) is 4.86. The number of rotatable bonds is 8. The minimum Gasteiger partial charge on any atom is -0.489 e. The monoisotopic (exact) mass is 447 g/mol. The first-order chi connectivity index (χ1) is 16.7. The Kier molecular flexibility index (Phi) is 6.13. The number of carbonyl (C=O) groups is 1. The molecular formula is C30H25NO3. The van der Waals surface area contributed by atoms with Crippen molar-refractivity contribution < 1.29 is 14.6 Å². The van der Waals surface area contributed by atoms with Gasteiger partial charge in [0.1, 0.15) is 12.4 Å². The Morgan fingerprint density at radius 1 is 0.765 bits per heavy atom. The first-order valence-corrected chi connectivity index (χ1v) is 11.3. The van der Waals surface area contributed by atoms with Crippen LogP contribution in [0.15, 0.2) is 109 Å². The smallest absolute Gasteiger partial charge is 0.307 e. The largest absolute Gasteiger partial charge is 0.489 e. The number of benzene rings is 4. The van der Waals surface area contributed by atoms with Crippen LogP contribution < -0.4 is 4.74 Å². The highest BCUT2D eigenvalue weighted by Gasteiger charge is 2.13. The fraction of sp³-hybridized carbons (Fsp3) is 0.100. The van der Waals surface area contributed by atoms with Gasteiger partial charge in [0.05, 0.1) is 6.42 Å². The van der Waals surface area contributed by atoms with Crippen LogP contribution in [0.3, 0.4) is 0 Å². The van der Waals surface area contributed by atoms with Crippen molar-refractivity contribution >= 4 is 16.9 Å². The second-order valence-electron chi connectivity index (χ2n) is 8.37. The van der Waals surface area contributed by atoms with Gasteiger partial charge in [0, 0.05) is 23.6 Å². The summed E-state index contributed by atoms with van der Waals surface area (Å²) >= 11 is 0. The summed E-state index contributed by atoms with van der Waals surface area (Å²) in [5.74, 6) is -0.118. The van der Waals surface area contributed by atoms with E-state index in [-0.39, 0.29) is 6.42 Å². The molecule has 0 aliphatic heterocycles. The van der Waals surface area contributed by atoms with Gasteiger partial charge in [-0.25, -0.2) is 0 Å². The molecule has 4 nitrogen and oxygen atoms in total. The molecule has 5 aromatic rings. The number of hydrogen-bond acceptors (Lipinski definition) is 2. The van der Waals surface area contributed by atoms with E-state index >= 15 is 0 Å². The molecule has 168 valence electrons. The van der Waals surface area contributed by atoms with Gasteiger partial charge in [0.15, 0.2) is 0 Å². The van der Waals surface area contributed by atoms with Crippen LogP contribution in [0.2, 0.25) is 0 Å². The summed E-state index contributed by atoms with van der Waals surface area (Å²) < 4.78 is 8.12. The molecule has 0 bridgehead atoms. The molecule has 0 saturated carbocycles. The van der Waals surface area contributed by atoms with Gasteiger partial charge in [-0.05, 0) is 52.1 Å². The topological polar surface area (TPSA) is 51.5 Å². The van der Waals surface area contributed by atoms with Crippen molar-refractivity contribution in [3.8, 4) is 16.9 Å². The highest BCUT2D eigenvalue weighted by Crippen LogP contribution is 2.29. The maximum absolute atomic E-state index is 11.5. The molecule has 1 heterocycles. The molecule has 0 aliphatic rings. The van der Waals surface area contributed by atoms with Crippen LogP contribution in [0.25, 0.3) is 22.0 Å². The summed E-state index contributed by atoms with van der Waals surface area (Å²) in [5, 5.41) is 10.4. The lowest BCUT2D eigenvalue weighted by Crippen LogP contribution is -2.00. The Morgan fingerprint density at radius 3 is 2.24 bits per heavy atom. The Balaban J connectivity index is 1.45. The van der Waals surface area contributed by atoms with Gasteiger partial charge in [-0.3, -0.25) is 4.79 Å². The maximum atomic E-state index is 11.5. The second kappa shape index (κ2) is 9.67. The lowest BCUT2D eigenvalue weighted by atomic mass is 10.0. The van der Waals surface area contributed by atoms with Gasteiger partial charge in [0.25, 0.3) is 0 Å². The molecule has 0 fully saturated rings. The van der Waals surface area contributed by atoms with Crippen LogP contribution in [0, 0.1) is 0 Å². The SMILES string of the molecule is O=C(O)Cc1cn(Cc2cccc(-c3ccccc3)c2)c2ccc(OCc3ccccc3)cc12. The fourth-order valence-electron chi connectivity index (χ4n) is 4.29. The van der Waals surface area contributed by atoms with Crippen molar-refractivity contribution in [1.82, 2.24) is 4.57 Å². The zero-order valence-corrected chi connectivity index (χ0v) is 18.7. The van der Waals surface area contributed by atoms with Crippen LogP contribution in [-0.2, 0) is 24.4 Å². The molecule has 0 aliphatic carbocycles. The van der Waals surface area contributed by atoms with Gasteiger partial charge in [-0.2, -0.15) is 0 Å². The summed E-state index contributed by atoms with van der Waals surface area (Å²) in [6.07, 6.45) is 1.92. The van der Waals surface area contributed by atoms with Gasteiger partial charge in [0.2, 0.25) is 0 Å².